The average molecular weight is 400 g/mol. The van der Waals surface area contributed by atoms with Crippen LogP contribution in [0.4, 0.5) is 4.79 Å². The molecule has 154 valence electrons. The maximum absolute atomic E-state index is 12.8. The highest BCUT2D eigenvalue weighted by Gasteiger charge is 2.16. The average Bonchev–Trinajstić information content (AvgIpc) is 2.67. The van der Waals surface area contributed by atoms with Gasteiger partial charge in [0.2, 0.25) is 0 Å². The van der Waals surface area contributed by atoms with Gasteiger partial charge in [0.15, 0.2) is 6.61 Å². The van der Waals surface area contributed by atoms with Crippen LogP contribution in [0.3, 0.4) is 0 Å². The number of aryl methyl sites for hydroxylation is 1. The third-order valence-electron chi connectivity index (χ3n) is 4.73. The van der Waals surface area contributed by atoms with Crippen molar-refractivity contribution in [3.8, 4) is 0 Å². The predicted molar refractivity (Wildman–Crippen MR) is 106 cm³/mol. The fraction of sp³-hybridized carbons (Fsp3) is 0.450. The van der Waals surface area contributed by atoms with Crippen molar-refractivity contribution in [1.82, 2.24) is 20.2 Å². The minimum atomic E-state index is -0.733. The number of ether oxygens (including phenoxy) is 1. The van der Waals surface area contributed by atoms with E-state index in [0.717, 1.165) is 37.9 Å². The normalized spacial score (nSPS) is 13.7. The zero-order valence-electron chi connectivity index (χ0n) is 16.3. The van der Waals surface area contributed by atoms with E-state index >= 15 is 0 Å². The Labute approximate surface area is 167 Å². The fourth-order valence-electron chi connectivity index (χ4n) is 3.30. The van der Waals surface area contributed by atoms with Crippen LogP contribution in [-0.2, 0) is 22.5 Å². The maximum Gasteiger partial charge on any atom is 0.338 e. The number of amides is 3. The summed E-state index contributed by atoms with van der Waals surface area (Å²) in [5, 5.41) is 4.89. The number of carbonyl (C=O) groups excluding carboxylic acids is 3. The molecule has 2 aromatic rings. The number of hydrogen-bond donors (Lipinski definition) is 2. The smallest absolute Gasteiger partial charge is 0.338 e. The van der Waals surface area contributed by atoms with Crippen molar-refractivity contribution in [1.29, 1.82) is 0 Å². The third-order valence-corrected chi connectivity index (χ3v) is 4.73. The molecule has 3 amide bonds. The summed E-state index contributed by atoms with van der Waals surface area (Å²) in [6.07, 6.45) is 4.85. The molecule has 0 bridgehead atoms. The number of nitrogens with one attached hydrogen (secondary N) is 2. The maximum atomic E-state index is 12.8. The molecule has 2 N–H and O–H groups in total. The van der Waals surface area contributed by atoms with Crippen LogP contribution in [0.15, 0.2) is 23.0 Å². The summed E-state index contributed by atoms with van der Waals surface area (Å²) in [6.45, 7) is 2.15. The highest BCUT2D eigenvalue weighted by molar-refractivity contribution is 5.98. The van der Waals surface area contributed by atoms with Gasteiger partial charge in [-0.1, -0.05) is 12.8 Å². The third kappa shape index (κ3) is 4.98. The van der Waals surface area contributed by atoms with Gasteiger partial charge in [-0.3, -0.25) is 19.5 Å². The molecule has 0 unspecified atom stereocenters. The van der Waals surface area contributed by atoms with Gasteiger partial charge in [0.1, 0.15) is 5.82 Å². The molecule has 0 spiro atoms. The van der Waals surface area contributed by atoms with Gasteiger partial charge in [0.05, 0.1) is 16.5 Å². The summed E-state index contributed by atoms with van der Waals surface area (Å²) in [5.41, 5.74) is 0.516. The number of nitrogens with zero attached hydrogens (tertiary/aromatic N) is 2. The summed E-state index contributed by atoms with van der Waals surface area (Å²) in [6, 6.07) is 3.88. The number of hydrogen-bond acceptors (Lipinski definition) is 6. The molecule has 1 aromatic heterocycles. The molecule has 29 heavy (non-hydrogen) atoms. The molecule has 1 aromatic carbocycles. The number of benzene rings is 1. The molecule has 0 saturated heterocycles. The molecule has 0 aliphatic carbocycles. The zero-order valence-corrected chi connectivity index (χ0v) is 16.3. The fourth-order valence-corrected chi connectivity index (χ4v) is 3.30. The van der Waals surface area contributed by atoms with E-state index < -0.39 is 24.5 Å². The first-order valence-electron chi connectivity index (χ1n) is 9.78. The summed E-state index contributed by atoms with van der Waals surface area (Å²) in [5.74, 6) is -0.733. The van der Waals surface area contributed by atoms with Crippen LogP contribution < -0.4 is 16.2 Å². The number of rotatable bonds is 4. The van der Waals surface area contributed by atoms with Crippen LogP contribution in [0.1, 0.15) is 48.8 Å². The first kappa shape index (κ1) is 20.5. The van der Waals surface area contributed by atoms with Crippen molar-refractivity contribution in [2.75, 3.05) is 13.2 Å². The number of imide groups is 1. The lowest BCUT2D eigenvalue weighted by Gasteiger charge is -2.16. The van der Waals surface area contributed by atoms with Gasteiger partial charge in [-0.05, 0) is 38.0 Å². The van der Waals surface area contributed by atoms with Gasteiger partial charge in [-0.2, -0.15) is 0 Å². The Hall–Kier alpha value is -3.23. The van der Waals surface area contributed by atoms with Crippen LogP contribution in [0, 0.1) is 0 Å². The molecule has 0 fully saturated rings. The molecular weight excluding hydrogens is 376 g/mol. The largest absolute Gasteiger partial charge is 0.452 e. The number of fused-ring (bicyclic) bond motifs is 2. The Morgan fingerprint density at radius 3 is 2.76 bits per heavy atom. The minimum Gasteiger partial charge on any atom is -0.452 e. The quantitative estimate of drug-likeness (QED) is 0.751. The molecule has 0 atom stereocenters. The van der Waals surface area contributed by atoms with Crippen molar-refractivity contribution in [3.05, 3.63) is 39.9 Å². The summed E-state index contributed by atoms with van der Waals surface area (Å²) < 4.78 is 6.68. The number of carbonyl (C=O) groups is 3. The molecule has 9 nitrogen and oxygen atoms in total. The van der Waals surface area contributed by atoms with Crippen molar-refractivity contribution in [3.63, 3.8) is 0 Å². The molecular formula is C20H24N4O5. The van der Waals surface area contributed by atoms with Crippen LogP contribution in [0.5, 0.6) is 0 Å². The van der Waals surface area contributed by atoms with Crippen LogP contribution in [0.2, 0.25) is 0 Å². The van der Waals surface area contributed by atoms with Crippen LogP contribution in [-0.4, -0.2) is 40.6 Å². The lowest BCUT2D eigenvalue weighted by molar-refractivity contribution is -0.123. The van der Waals surface area contributed by atoms with E-state index in [1.807, 2.05) is 5.32 Å². The van der Waals surface area contributed by atoms with E-state index in [9.17, 15) is 19.2 Å². The highest BCUT2D eigenvalue weighted by Crippen LogP contribution is 2.16. The Bertz CT molecular complexity index is 998. The SMILES string of the molecule is CCNC(=O)NC(=O)COC(=O)c1ccc2c(=O)n3c(nc2c1)CCCCCC3. The van der Waals surface area contributed by atoms with E-state index in [1.165, 1.54) is 12.1 Å². The Kier molecular flexibility index (Phi) is 6.58. The van der Waals surface area contributed by atoms with Gasteiger partial charge >= 0.3 is 12.0 Å². The van der Waals surface area contributed by atoms with Crippen LogP contribution in [0.25, 0.3) is 10.9 Å². The topological polar surface area (TPSA) is 119 Å². The molecule has 3 rings (SSSR count). The van der Waals surface area contributed by atoms with Crippen molar-refractivity contribution >= 4 is 28.8 Å². The zero-order chi connectivity index (χ0) is 20.8. The number of esters is 1. The predicted octanol–water partition coefficient (Wildman–Crippen LogP) is 1.52. The molecule has 0 saturated carbocycles. The monoisotopic (exact) mass is 400 g/mol. The van der Waals surface area contributed by atoms with E-state index in [2.05, 4.69) is 10.3 Å². The molecule has 1 aliphatic heterocycles. The Balaban J connectivity index is 1.76. The standard InChI is InChI=1S/C20H24N4O5/c1-2-21-20(28)23-17(25)12-29-19(27)13-8-9-14-15(11-13)22-16-7-5-3-4-6-10-24(16)18(14)26/h8-9,11H,2-7,10,12H2,1H3,(H2,21,23,25,28). The Morgan fingerprint density at radius 1 is 1.17 bits per heavy atom. The highest BCUT2D eigenvalue weighted by atomic mass is 16.5. The van der Waals surface area contributed by atoms with E-state index in [4.69, 9.17) is 4.74 Å². The summed E-state index contributed by atoms with van der Waals surface area (Å²) >= 11 is 0. The number of urea groups is 1. The molecule has 0 radical (unpaired) electrons. The first-order chi connectivity index (χ1) is 14.0. The van der Waals surface area contributed by atoms with Crippen molar-refractivity contribution in [2.24, 2.45) is 0 Å². The molecule has 1 aliphatic rings. The van der Waals surface area contributed by atoms with E-state index in [-0.39, 0.29) is 11.1 Å². The second-order valence-electron chi connectivity index (χ2n) is 6.86. The van der Waals surface area contributed by atoms with Crippen molar-refractivity contribution < 1.29 is 19.1 Å². The second kappa shape index (κ2) is 9.31. The van der Waals surface area contributed by atoms with Crippen LogP contribution >= 0.6 is 0 Å². The van der Waals surface area contributed by atoms with Gasteiger partial charge in [0, 0.05) is 19.5 Å². The van der Waals surface area contributed by atoms with E-state index in [1.54, 1.807) is 17.6 Å². The lowest BCUT2D eigenvalue weighted by Crippen LogP contribution is -2.41. The molecule has 2 heterocycles. The summed E-state index contributed by atoms with van der Waals surface area (Å²) in [4.78, 5) is 52.6. The minimum absolute atomic E-state index is 0.104. The Morgan fingerprint density at radius 2 is 1.97 bits per heavy atom. The van der Waals surface area contributed by atoms with Gasteiger partial charge in [0.25, 0.3) is 11.5 Å². The first-order valence-corrected chi connectivity index (χ1v) is 9.78. The molecule has 9 heteroatoms. The summed E-state index contributed by atoms with van der Waals surface area (Å²) in [7, 11) is 0. The van der Waals surface area contributed by atoms with Gasteiger partial charge in [-0.25, -0.2) is 14.6 Å². The van der Waals surface area contributed by atoms with Crippen molar-refractivity contribution in [2.45, 2.75) is 45.6 Å². The lowest BCUT2D eigenvalue weighted by atomic mass is 10.1. The van der Waals surface area contributed by atoms with Gasteiger partial charge < -0.3 is 10.1 Å². The second-order valence-corrected chi connectivity index (χ2v) is 6.86. The number of aromatic nitrogens is 2. The van der Waals surface area contributed by atoms with Gasteiger partial charge in [-0.15, -0.1) is 0 Å². The van der Waals surface area contributed by atoms with E-state index in [0.29, 0.717) is 24.0 Å².